The van der Waals surface area contributed by atoms with Crippen molar-refractivity contribution >= 4 is 27.2 Å². The molecule has 0 amide bonds. The van der Waals surface area contributed by atoms with Gasteiger partial charge in [-0.3, -0.25) is 14.9 Å². The van der Waals surface area contributed by atoms with E-state index in [0.29, 0.717) is 50.3 Å². The van der Waals surface area contributed by atoms with Gasteiger partial charge in [-0.1, -0.05) is 29.8 Å². The lowest BCUT2D eigenvalue weighted by Crippen LogP contribution is -2.38. The zero-order chi connectivity index (χ0) is 22.9. The number of sulfonamides is 1. The highest BCUT2D eigenvalue weighted by Gasteiger charge is 2.34. The topological polar surface area (TPSA) is 101 Å². The number of piperidine rings is 1. The molecule has 0 aliphatic carbocycles. The van der Waals surface area contributed by atoms with Crippen molar-refractivity contribution in [3.8, 4) is 0 Å². The maximum Gasteiger partial charge on any atom is 0.270 e. The second-order valence-corrected chi connectivity index (χ2v) is 10.4. The third kappa shape index (κ3) is 4.40. The summed E-state index contributed by atoms with van der Waals surface area (Å²) < 4.78 is 28.0. The summed E-state index contributed by atoms with van der Waals surface area (Å²) in [6.45, 7) is 3.87. The van der Waals surface area contributed by atoms with E-state index >= 15 is 0 Å². The molecule has 0 saturated carbocycles. The monoisotopic (exact) mass is 457 g/mol. The molecule has 2 aromatic rings. The van der Waals surface area contributed by atoms with Gasteiger partial charge in [-0.2, -0.15) is 4.31 Å². The van der Waals surface area contributed by atoms with E-state index in [1.807, 2.05) is 36.1 Å². The number of carbonyl (C=O) groups is 1. The quantitative estimate of drug-likeness (QED) is 0.372. The van der Waals surface area contributed by atoms with Gasteiger partial charge in [0.05, 0.1) is 10.6 Å². The van der Waals surface area contributed by atoms with Crippen molar-refractivity contribution in [2.24, 2.45) is 5.92 Å². The minimum absolute atomic E-state index is 0.0167. The van der Waals surface area contributed by atoms with Crippen LogP contribution >= 0.6 is 0 Å². The fourth-order valence-electron chi connectivity index (χ4n) is 4.49. The Labute approximate surface area is 188 Å². The largest absolute Gasteiger partial charge is 0.370 e. The molecule has 0 aromatic heterocycles. The fraction of sp³-hybridized carbons (Fsp3) is 0.435. The van der Waals surface area contributed by atoms with Crippen LogP contribution in [0.15, 0.2) is 47.4 Å². The van der Waals surface area contributed by atoms with Gasteiger partial charge in [-0.15, -0.1) is 0 Å². The number of aryl methyl sites for hydroxylation is 1. The molecule has 2 aromatic carbocycles. The van der Waals surface area contributed by atoms with E-state index in [2.05, 4.69) is 0 Å². The molecule has 0 unspecified atom stereocenters. The van der Waals surface area contributed by atoms with Crippen molar-refractivity contribution in [3.63, 3.8) is 0 Å². The molecule has 9 heteroatoms. The summed E-state index contributed by atoms with van der Waals surface area (Å²) in [6.07, 6.45) is 2.78. The molecule has 2 aliphatic rings. The summed E-state index contributed by atoms with van der Waals surface area (Å²) in [7, 11) is -3.83. The second kappa shape index (κ2) is 8.99. The molecule has 4 rings (SSSR count). The van der Waals surface area contributed by atoms with E-state index in [9.17, 15) is 23.3 Å². The lowest BCUT2D eigenvalue weighted by molar-refractivity contribution is -0.385. The van der Waals surface area contributed by atoms with Crippen LogP contribution in [0.25, 0.3) is 0 Å². The molecule has 8 nitrogen and oxygen atoms in total. The average Bonchev–Trinajstić information content (AvgIpc) is 3.35. The van der Waals surface area contributed by atoms with Crippen LogP contribution in [0.3, 0.4) is 0 Å². The number of ketones is 1. The highest BCUT2D eigenvalue weighted by Crippen LogP contribution is 2.35. The van der Waals surface area contributed by atoms with Crippen molar-refractivity contribution < 1.29 is 18.1 Å². The number of carbonyl (C=O) groups excluding carboxylic acids is 1. The van der Waals surface area contributed by atoms with E-state index in [1.165, 1.54) is 22.5 Å². The Morgan fingerprint density at radius 3 is 2.22 bits per heavy atom. The highest BCUT2D eigenvalue weighted by atomic mass is 32.2. The minimum Gasteiger partial charge on any atom is -0.370 e. The number of anilines is 1. The maximum atomic E-state index is 13.3. The van der Waals surface area contributed by atoms with Crippen LogP contribution in [-0.2, 0) is 10.0 Å². The van der Waals surface area contributed by atoms with Crippen LogP contribution in [0.1, 0.15) is 41.6 Å². The third-order valence-corrected chi connectivity index (χ3v) is 8.31. The first-order valence-electron chi connectivity index (χ1n) is 10.9. The number of hydrogen-bond donors (Lipinski definition) is 0. The Kier molecular flexibility index (Phi) is 6.30. The standard InChI is InChI=1S/C23H27N3O5S/c1-17-4-6-18(7-5-17)23(27)19-10-14-24(15-11-19)21-9-8-20(26(28)29)16-22(21)32(30,31)25-12-2-3-13-25/h4-9,16,19H,2-3,10-15H2,1H3. The number of nitro groups is 1. The molecule has 0 bridgehead atoms. The van der Waals surface area contributed by atoms with Crippen molar-refractivity contribution in [1.82, 2.24) is 4.31 Å². The van der Waals surface area contributed by atoms with Crippen LogP contribution in [0, 0.1) is 23.0 Å². The SMILES string of the molecule is Cc1ccc(C(=O)C2CCN(c3ccc([N+](=O)[O-])cc3S(=O)(=O)N3CCCC3)CC2)cc1. The molecule has 170 valence electrons. The lowest BCUT2D eigenvalue weighted by Gasteiger charge is -2.34. The molecule has 0 atom stereocenters. The zero-order valence-electron chi connectivity index (χ0n) is 18.1. The van der Waals surface area contributed by atoms with Gasteiger partial charge in [0.1, 0.15) is 4.90 Å². The summed E-state index contributed by atoms with van der Waals surface area (Å²) in [5.41, 5.74) is 2.03. The Morgan fingerprint density at radius 2 is 1.62 bits per heavy atom. The number of hydrogen-bond acceptors (Lipinski definition) is 6. The van der Waals surface area contributed by atoms with Crippen LogP contribution in [0.4, 0.5) is 11.4 Å². The number of benzene rings is 2. The Morgan fingerprint density at radius 1 is 1.00 bits per heavy atom. The minimum atomic E-state index is -3.83. The maximum absolute atomic E-state index is 13.3. The van der Waals surface area contributed by atoms with Gasteiger partial charge in [0.25, 0.3) is 5.69 Å². The first-order chi connectivity index (χ1) is 15.3. The van der Waals surface area contributed by atoms with Gasteiger partial charge >= 0.3 is 0 Å². The van der Waals surface area contributed by atoms with Crippen molar-refractivity contribution in [3.05, 3.63) is 63.7 Å². The van der Waals surface area contributed by atoms with Crippen LogP contribution in [-0.4, -0.2) is 49.6 Å². The zero-order valence-corrected chi connectivity index (χ0v) is 18.9. The number of rotatable bonds is 6. The Bertz CT molecular complexity index is 1120. The summed E-state index contributed by atoms with van der Waals surface area (Å²) in [4.78, 5) is 25.5. The van der Waals surface area contributed by atoms with Crippen LogP contribution < -0.4 is 4.90 Å². The van der Waals surface area contributed by atoms with Gasteiger partial charge in [-0.25, -0.2) is 8.42 Å². The predicted molar refractivity (Wildman–Crippen MR) is 122 cm³/mol. The molecule has 2 saturated heterocycles. The van der Waals surface area contributed by atoms with E-state index in [-0.39, 0.29) is 22.3 Å². The van der Waals surface area contributed by atoms with Crippen molar-refractivity contribution in [1.29, 1.82) is 0 Å². The molecule has 2 aliphatic heterocycles. The van der Waals surface area contributed by atoms with Gasteiger partial charge < -0.3 is 4.90 Å². The van der Waals surface area contributed by atoms with E-state index in [4.69, 9.17) is 0 Å². The van der Waals surface area contributed by atoms with Gasteiger partial charge in [0.15, 0.2) is 5.78 Å². The van der Waals surface area contributed by atoms with Crippen molar-refractivity contribution in [2.75, 3.05) is 31.1 Å². The number of nitrogens with zero attached hydrogens (tertiary/aromatic N) is 3. The normalized spacial score (nSPS) is 18.1. The van der Waals surface area contributed by atoms with Gasteiger partial charge in [0.2, 0.25) is 10.0 Å². The first-order valence-corrected chi connectivity index (χ1v) is 12.4. The number of Topliss-reactive ketones (excluding diaryl/α,β-unsaturated/α-hetero) is 1. The van der Waals surface area contributed by atoms with E-state index < -0.39 is 14.9 Å². The number of nitro benzene ring substituents is 1. The molecule has 2 fully saturated rings. The van der Waals surface area contributed by atoms with Gasteiger partial charge in [-0.05, 0) is 38.7 Å². The highest BCUT2D eigenvalue weighted by molar-refractivity contribution is 7.89. The van der Waals surface area contributed by atoms with Gasteiger partial charge in [0, 0.05) is 49.8 Å². The molecule has 0 N–H and O–H groups in total. The smallest absolute Gasteiger partial charge is 0.270 e. The third-order valence-electron chi connectivity index (χ3n) is 6.38. The first kappa shape index (κ1) is 22.4. The Balaban J connectivity index is 1.57. The van der Waals surface area contributed by atoms with Crippen molar-refractivity contribution in [2.45, 2.75) is 37.5 Å². The molecule has 0 radical (unpaired) electrons. The Hall–Kier alpha value is -2.78. The average molecular weight is 458 g/mol. The lowest BCUT2D eigenvalue weighted by atomic mass is 9.88. The molecule has 32 heavy (non-hydrogen) atoms. The number of non-ortho nitro benzene ring substituents is 1. The summed E-state index contributed by atoms with van der Waals surface area (Å²) in [5, 5.41) is 11.3. The molecular formula is C23H27N3O5S. The molecule has 2 heterocycles. The molecular weight excluding hydrogens is 430 g/mol. The van der Waals surface area contributed by atoms with E-state index in [0.717, 1.165) is 18.4 Å². The molecule has 0 spiro atoms. The van der Waals surface area contributed by atoms with Crippen LogP contribution in [0.2, 0.25) is 0 Å². The summed E-state index contributed by atoms with van der Waals surface area (Å²) in [6, 6.07) is 11.6. The second-order valence-electron chi connectivity index (χ2n) is 8.51. The van der Waals surface area contributed by atoms with Crippen LogP contribution in [0.5, 0.6) is 0 Å². The predicted octanol–water partition coefficient (Wildman–Crippen LogP) is 3.79. The summed E-state index contributed by atoms with van der Waals surface area (Å²) >= 11 is 0. The summed E-state index contributed by atoms with van der Waals surface area (Å²) in [5.74, 6) is -0.0103. The van der Waals surface area contributed by atoms with E-state index in [1.54, 1.807) is 0 Å². The fourth-order valence-corrected chi connectivity index (χ4v) is 6.24.